The molecule has 10 rings (SSSR count). The molecule has 352 valence electrons. The molecule has 0 N–H and O–H groups in total. The number of alkyl halides is 3. The van der Waals surface area contributed by atoms with Crippen molar-refractivity contribution in [3.8, 4) is 73.4 Å². The number of aromatic nitrogens is 5. The number of benzene rings is 7. The number of nitrogens with zero attached hydrogens (tertiary/aromatic N) is 5. The van der Waals surface area contributed by atoms with Crippen LogP contribution < -0.4 is 4.18 Å². The van der Waals surface area contributed by atoms with E-state index in [9.17, 15) is 21.6 Å². The van der Waals surface area contributed by atoms with Gasteiger partial charge in [0.1, 0.15) is 17.4 Å². The third-order valence-electron chi connectivity index (χ3n) is 12.5. The van der Waals surface area contributed by atoms with E-state index in [2.05, 4.69) is 131 Å². The highest BCUT2D eigenvalue weighted by atomic mass is 32.2. The Balaban J connectivity index is 0.923. The molecule has 3 aromatic heterocycles. The molecule has 0 amide bonds. The first-order valence-electron chi connectivity index (χ1n) is 23.1. The molecule has 12 heteroatoms. The fourth-order valence-corrected chi connectivity index (χ4v) is 9.29. The maximum Gasteiger partial charge on any atom is 0.534 e. The van der Waals surface area contributed by atoms with Gasteiger partial charge in [0.2, 0.25) is 0 Å². The summed E-state index contributed by atoms with van der Waals surface area (Å²) in [6, 6.07) is 61.5. The van der Waals surface area contributed by atoms with Crippen molar-refractivity contribution in [3.63, 3.8) is 0 Å². The summed E-state index contributed by atoms with van der Waals surface area (Å²) < 4.78 is 71.9. The molecule has 0 aliphatic carbocycles. The molecular weight excluding hydrogens is 916 g/mol. The van der Waals surface area contributed by atoms with Crippen LogP contribution in [-0.2, 0) is 35.8 Å². The van der Waals surface area contributed by atoms with E-state index in [-0.39, 0.29) is 11.3 Å². The van der Waals surface area contributed by atoms with Crippen LogP contribution in [0, 0.1) is 6.92 Å². The summed E-state index contributed by atoms with van der Waals surface area (Å²) in [5.74, 6) is 1.33. The van der Waals surface area contributed by atoms with Crippen LogP contribution in [0.2, 0.25) is 0 Å². The van der Waals surface area contributed by atoms with E-state index in [1.807, 2.05) is 97.6 Å². The zero-order chi connectivity index (χ0) is 49.0. The van der Waals surface area contributed by atoms with E-state index in [1.165, 1.54) is 41.4 Å². The van der Waals surface area contributed by atoms with Crippen LogP contribution in [0.5, 0.6) is 5.75 Å². The van der Waals surface area contributed by atoms with Crippen molar-refractivity contribution in [1.82, 2.24) is 24.1 Å². The molecule has 10 aromatic rings. The molecule has 71 heavy (non-hydrogen) atoms. The molecule has 3 heterocycles. The molecule has 0 aliphatic rings. The second-order valence-electron chi connectivity index (χ2n) is 17.3. The van der Waals surface area contributed by atoms with Gasteiger partial charge in [-0.25, -0.2) is 9.97 Å². The van der Waals surface area contributed by atoms with Crippen LogP contribution in [0.25, 0.3) is 67.7 Å². The van der Waals surface area contributed by atoms with Crippen molar-refractivity contribution in [1.29, 1.82) is 0 Å². The first-order chi connectivity index (χ1) is 34.5. The van der Waals surface area contributed by atoms with Gasteiger partial charge in [-0.15, -0.1) is 0 Å². The lowest BCUT2D eigenvalue weighted by Gasteiger charge is -2.15. The molecule has 0 radical (unpaired) electrons. The fraction of sp³-hybridized carbons (Fsp3) is 0.102. The van der Waals surface area contributed by atoms with Gasteiger partial charge in [-0.2, -0.15) is 21.6 Å². The predicted molar refractivity (Wildman–Crippen MR) is 274 cm³/mol. The first-order valence-corrected chi connectivity index (χ1v) is 24.5. The molecule has 0 spiro atoms. The van der Waals surface area contributed by atoms with Gasteiger partial charge in [0.05, 0.1) is 5.69 Å². The van der Waals surface area contributed by atoms with Crippen molar-refractivity contribution >= 4 is 10.1 Å². The molecule has 0 saturated heterocycles. The average Bonchev–Trinajstić information content (AvgIpc) is 4.10. The Hall–Kier alpha value is -8.35. The summed E-state index contributed by atoms with van der Waals surface area (Å²) in [7, 11) is -5.86. The molecule has 0 bridgehead atoms. The third-order valence-corrected chi connectivity index (χ3v) is 13.5. The van der Waals surface area contributed by atoms with Crippen molar-refractivity contribution in [3.05, 3.63) is 241 Å². The largest absolute Gasteiger partial charge is 0.534 e. The minimum atomic E-state index is -5.86. The summed E-state index contributed by atoms with van der Waals surface area (Å²) in [4.78, 5) is 13.7. The predicted octanol–water partition coefficient (Wildman–Crippen LogP) is 13.9. The van der Waals surface area contributed by atoms with Crippen molar-refractivity contribution in [2.24, 2.45) is 0 Å². The van der Waals surface area contributed by atoms with Gasteiger partial charge in [-0.3, -0.25) is 14.1 Å². The number of hydrogen-bond acceptors (Lipinski definition) is 6. The Bertz CT molecular complexity index is 3410. The number of aryl methyl sites for hydroxylation is 5. The molecule has 0 atom stereocenters. The van der Waals surface area contributed by atoms with Crippen molar-refractivity contribution in [2.45, 2.75) is 38.1 Å². The topological polar surface area (TPSA) is 91.9 Å². The number of halogens is 3. The lowest BCUT2D eigenvalue weighted by Crippen LogP contribution is -2.28. The first kappa shape index (κ1) is 46.4. The second kappa shape index (κ2) is 19.9. The van der Waals surface area contributed by atoms with Gasteiger partial charge in [0, 0.05) is 70.7 Å². The SMILES string of the molecule is Cc1cnc(-c2ccc(-c3ccccc3-c3cc(CCc4ccc(-c5nccn5-c5ccccc5)cc4)cc(CCc4ccc(-c5nccn5-c5ccccc5)cc4)c3)cc2)cc1OS(=O)(=O)C(F)(F)F. The maximum absolute atomic E-state index is 13.2. The standard InChI is InChI=1S/C59H46F3N5O3S/c1-41-40-65-55(39-56(41)70-71(68,69)59(60,61)62)47-30-28-46(29-31-47)53-14-8-9-15-54(53)50-37-44(18-16-42-20-24-48(25-21-42)57-63-32-34-66(57)51-10-4-2-5-11-51)36-45(38-50)19-17-43-22-26-49(27-23-43)58-64-33-35-67(58)52-12-6-3-7-13-52/h2-15,20-40H,16-19H2,1H3. The van der Waals surface area contributed by atoms with E-state index >= 15 is 0 Å². The summed E-state index contributed by atoms with van der Waals surface area (Å²) in [5, 5.41) is 0. The van der Waals surface area contributed by atoms with Crippen molar-refractivity contribution in [2.75, 3.05) is 0 Å². The zero-order valence-electron chi connectivity index (χ0n) is 38.5. The number of para-hydroxylation sites is 2. The number of imidazole rings is 2. The molecule has 0 aliphatic heterocycles. The van der Waals surface area contributed by atoms with Crippen LogP contribution in [0.15, 0.2) is 213 Å². The molecule has 8 nitrogen and oxygen atoms in total. The molecule has 0 fully saturated rings. The summed E-state index contributed by atoms with van der Waals surface area (Å²) in [6.45, 7) is 1.43. The monoisotopic (exact) mass is 961 g/mol. The molecule has 0 unspecified atom stereocenters. The van der Waals surface area contributed by atoms with E-state index in [1.54, 1.807) is 0 Å². The minimum absolute atomic E-state index is 0.149. The maximum atomic E-state index is 13.2. The Morgan fingerprint density at radius 2 is 0.915 bits per heavy atom. The molecular formula is C59H46F3N5O3S. The lowest BCUT2D eigenvalue weighted by atomic mass is 9.90. The Morgan fingerprint density at radius 1 is 0.479 bits per heavy atom. The average molecular weight is 962 g/mol. The van der Waals surface area contributed by atoms with E-state index in [0.29, 0.717) is 5.56 Å². The van der Waals surface area contributed by atoms with Gasteiger partial charge >= 0.3 is 15.6 Å². The van der Waals surface area contributed by atoms with E-state index in [0.717, 1.165) is 82.1 Å². The van der Waals surface area contributed by atoms with Crippen LogP contribution in [0.3, 0.4) is 0 Å². The van der Waals surface area contributed by atoms with E-state index < -0.39 is 21.4 Å². The van der Waals surface area contributed by atoms with Crippen LogP contribution in [0.4, 0.5) is 13.2 Å². The Kier molecular flexibility index (Phi) is 13.0. The van der Waals surface area contributed by atoms with Gasteiger partial charge in [-0.1, -0.05) is 152 Å². The van der Waals surface area contributed by atoms with Crippen LogP contribution >= 0.6 is 0 Å². The molecule has 7 aromatic carbocycles. The normalized spacial score (nSPS) is 11.7. The smallest absolute Gasteiger partial charge is 0.376 e. The summed E-state index contributed by atoms with van der Waals surface area (Å²) in [5.41, 5.74) is 8.50. The fourth-order valence-electron chi connectivity index (χ4n) is 8.78. The summed E-state index contributed by atoms with van der Waals surface area (Å²) >= 11 is 0. The highest BCUT2D eigenvalue weighted by molar-refractivity contribution is 7.88. The minimum Gasteiger partial charge on any atom is -0.376 e. The molecule has 0 saturated carbocycles. The van der Waals surface area contributed by atoms with Crippen molar-refractivity contribution < 1.29 is 25.8 Å². The Morgan fingerprint density at radius 3 is 1.41 bits per heavy atom. The van der Waals surface area contributed by atoms with Gasteiger partial charge in [0.15, 0.2) is 0 Å². The quantitative estimate of drug-likeness (QED) is 0.0751. The van der Waals surface area contributed by atoms with Gasteiger partial charge < -0.3 is 4.18 Å². The number of pyridine rings is 1. The van der Waals surface area contributed by atoms with Crippen LogP contribution in [0.1, 0.15) is 27.8 Å². The number of rotatable bonds is 15. The third kappa shape index (κ3) is 10.3. The number of hydrogen-bond donors (Lipinski definition) is 0. The zero-order valence-corrected chi connectivity index (χ0v) is 39.4. The highest BCUT2D eigenvalue weighted by Crippen LogP contribution is 2.36. The lowest BCUT2D eigenvalue weighted by molar-refractivity contribution is -0.0500. The van der Waals surface area contributed by atoms with Gasteiger partial charge in [0.25, 0.3) is 0 Å². The summed E-state index contributed by atoms with van der Waals surface area (Å²) in [6.07, 6.45) is 12.2. The highest BCUT2D eigenvalue weighted by Gasteiger charge is 2.48. The second-order valence-corrected chi connectivity index (χ2v) is 18.8. The Labute approximate surface area is 410 Å². The van der Waals surface area contributed by atoms with Crippen LogP contribution in [-0.4, -0.2) is 38.0 Å². The van der Waals surface area contributed by atoms with E-state index in [4.69, 9.17) is 0 Å². The van der Waals surface area contributed by atoms with Gasteiger partial charge in [-0.05, 0) is 101 Å².